The summed E-state index contributed by atoms with van der Waals surface area (Å²) in [5.74, 6) is -4.82. The number of nitrogens with one attached hydrogen (secondary N) is 4. The second-order valence-electron chi connectivity index (χ2n) is 18.4. The molecular weight excluding hydrogens is 822 g/mol. The van der Waals surface area contributed by atoms with Gasteiger partial charge in [-0.2, -0.15) is 13.2 Å². The van der Waals surface area contributed by atoms with Crippen molar-refractivity contribution in [3.8, 4) is 0 Å². The highest BCUT2D eigenvalue weighted by atomic mass is 32.2. The highest BCUT2D eigenvalue weighted by molar-refractivity contribution is 7.92. The van der Waals surface area contributed by atoms with Crippen LogP contribution in [0.2, 0.25) is 0 Å². The molecule has 6 amide bonds. The first-order valence-corrected chi connectivity index (χ1v) is 22.3. The fraction of sp³-hybridized carbons (Fsp3) is 0.667. The Kier molecular flexibility index (Phi) is 15.7. The van der Waals surface area contributed by atoms with E-state index in [9.17, 15) is 50.4 Å². The summed E-state index contributed by atoms with van der Waals surface area (Å²) in [6.45, 7) is 13.2. The van der Waals surface area contributed by atoms with Crippen LogP contribution in [-0.2, 0) is 46.7 Å². The van der Waals surface area contributed by atoms with Crippen molar-refractivity contribution in [1.82, 2.24) is 31.1 Å². The smallest absolute Gasteiger partial charge is 0.410 e. The van der Waals surface area contributed by atoms with E-state index in [2.05, 4.69) is 27.8 Å². The number of ketones is 1. The Bertz CT molecular complexity index is 1920. The molecule has 340 valence electrons. The first-order chi connectivity index (χ1) is 28.3. The van der Waals surface area contributed by atoms with E-state index in [-0.39, 0.29) is 31.8 Å². The number of sulfone groups is 1. The summed E-state index contributed by atoms with van der Waals surface area (Å²) in [5.41, 5.74) is -0.179. The average molecular weight is 883 g/mol. The number of carbonyl (C=O) groups is 6. The number of urea groups is 1. The average Bonchev–Trinajstić information content (AvgIpc) is 3.59. The predicted molar refractivity (Wildman–Crippen MR) is 221 cm³/mol. The van der Waals surface area contributed by atoms with E-state index in [0.29, 0.717) is 38.6 Å². The maximum atomic E-state index is 14.7. The molecule has 1 saturated heterocycles. The zero-order chi connectivity index (χ0) is 45.6. The summed E-state index contributed by atoms with van der Waals surface area (Å²) >= 11 is 0. The number of rotatable bonds is 14. The fourth-order valence-corrected chi connectivity index (χ4v) is 9.36. The summed E-state index contributed by atoms with van der Waals surface area (Å²) in [6, 6.07) is 1.92. The lowest BCUT2D eigenvalue weighted by atomic mass is 9.83. The summed E-state index contributed by atoms with van der Waals surface area (Å²) in [5, 5.41) is 10.1. The number of hydrogen-bond donors (Lipinski definition) is 4. The maximum absolute atomic E-state index is 14.7. The monoisotopic (exact) mass is 882 g/mol. The van der Waals surface area contributed by atoms with Crippen LogP contribution in [0, 0.1) is 5.41 Å². The minimum atomic E-state index is -4.75. The molecule has 61 heavy (non-hydrogen) atoms. The minimum Gasteiger partial charge on any atom is -0.444 e. The molecule has 4 N–H and O–H groups in total. The Morgan fingerprint density at radius 1 is 0.967 bits per heavy atom. The predicted octanol–water partition coefficient (Wildman–Crippen LogP) is 4.48. The lowest BCUT2D eigenvalue weighted by molar-refractivity contribution is -0.147. The topological polar surface area (TPSA) is 200 Å². The molecule has 1 saturated carbocycles. The van der Waals surface area contributed by atoms with Crippen LogP contribution >= 0.6 is 0 Å². The van der Waals surface area contributed by atoms with Gasteiger partial charge in [0.2, 0.25) is 17.6 Å². The third-order valence-electron chi connectivity index (χ3n) is 11.5. The van der Waals surface area contributed by atoms with Gasteiger partial charge < -0.3 is 35.8 Å². The van der Waals surface area contributed by atoms with E-state index in [1.165, 1.54) is 11.0 Å². The number of halogens is 3. The van der Waals surface area contributed by atoms with Crippen LogP contribution in [0.5, 0.6) is 0 Å². The third kappa shape index (κ3) is 13.2. The molecule has 2 heterocycles. The Balaban J connectivity index is 1.63. The van der Waals surface area contributed by atoms with Gasteiger partial charge in [-0.1, -0.05) is 70.4 Å². The van der Waals surface area contributed by atoms with Gasteiger partial charge in [-0.3, -0.25) is 19.2 Å². The molecule has 4 atom stereocenters. The number of amides is 6. The molecule has 1 aromatic carbocycles. The van der Waals surface area contributed by atoms with Gasteiger partial charge in [-0.15, -0.1) is 6.58 Å². The number of alkyl halides is 3. The number of likely N-dealkylation sites (tertiary alicyclic amines) is 1. The molecule has 2 aliphatic heterocycles. The molecule has 2 unspecified atom stereocenters. The number of hydrogen-bond acceptors (Lipinski definition) is 9. The Morgan fingerprint density at radius 2 is 1.61 bits per heavy atom. The molecule has 4 rings (SSSR count). The SMILES string of the molecule is C=CCNC(=O)C(=O)C(CCC(F)(F)F)NC(=O)[C@@H]1C[C@@H](OC(=O)N2CCc3ccccc3C2)CN1C(=O)C(NC(=O)NC1(CS(=O)(=O)C(C)(C)C)CCCCC1)C(C)(C)C. The van der Waals surface area contributed by atoms with Crippen LogP contribution in [0.3, 0.4) is 0 Å². The summed E-state index contributed by atoms with van der Waals surface area (Å²) in [7, 11) is -3.71. The van der Waals surface area contributed by atoms with Crippen molar-refractivity contribution in [2.24, 2.45) is 5.41 Å². The Morgan fingerprint density at radius 3 is 2.20 bits per heavy atom. The van der Waals surface area contributed by atoms with E-state index in [4.69, 9.17) is 4.74 Å². The van der Waals surface area contributed by atoms with Crippen LogP contribution in [0.25, 0.3) is 0 Å². The van der Waals surface area contributed by atoms with Crippen LogP contribution in [0.15, 0.2) is 36.9 Å². The standard InChI is InChI=1S/C42H61F3N6O9S/c1-8-21-46-35(54)32(52)30(16-20-42(43,44)45)47-34(53)31-23-29(60-38(57)50-22-17-27-14-10-11-15-28(27)24-50)25-51(31)36(55)33(39(2,3)4)48-37(56)49-41(18-12-9-13-19-41)26-61(58,59)40(5,6)7/h8,10-11,14-15,29-31,33H,1,9,12-13,16-26H2,2-7H3,(H,46,54)(H,47,53)(H2,48,49,56)/t29-,30?,31+,33?/m1/s1. The molecule has 0 radical (unpaired) electrons. The van der Waals surface area contributed by atoms with Gasteiger partial charge in [0.15, 0.2) is 9.84 Å². The van der Waals surface area contributed by atoms with Gasteiger partial charge in [-0.25, -0.2) is 18.0 Å². The molecular formula is C42H61F3N6O9S. The maximum Gasteiger partial charge on any atom is 0.410 e. The molecule has 3 aliphatic rings. The number of carbonyl (C=O) groups excluding carboxylic acids is 6. The third-order valence-corrected chi connectivity index (χ3v) is 14.3. The van der Waals surface area contributed by atoms with Crippen LogP contribution in [0.1, 0.15) is 104 Å². The number of ether oxygens (including phenoxy) is 1. The first-order valence-electron chi connectivity index (χ1n) is 20.7. The number of Topliss-reactive ketones (excluding diaryl/α,β-unsaturated/α-hetero) is 1. The molecule has 15 nitrogen and oxygen atoms in total. The zero-order valence-corrected chi connectivity index (χ0v) is 36.7. The summed E-state index contributed by atoms with van der Waals surface area (Å²) in [4.78, 5) is 84.5. The van der Waals surface area contributed by atoms with E-state index in [0.717, 1.165) is 22.4 Å². The van der Waals surface area contributed by atoms with Gasteiger partial charge in [-0.05, 0) is 63.0 Å². The fourth-order valence-electron chi connectivity index (χ4n) is 7.84. The molecule has 1 aromatic rings. The first kappa shape index (κ1) is 49.0. The van der Waals surface area contributed by atoms with E-state index < -0.39 is 104 Å². The van der Waals surface area contributed by atoms with E-state index >= 15 is 0 Å². The van der Waals surface area contributed by atoms with Gasteiger partial charge >= 0.3 is 18.3 Å². The number of nitrogens with zero attached hydrogens (tertiary/aromatic N) is 2. The molecule has 2 fully saturated rings. The van der Waals surface area contributed by atoms with Crippen molar-refractivity contribution < 1.29 is 55.1 Å². The number of benzene rings is 1. The molecule has 0 aromatic heterocycles. The van der Waals surface area contributed by atoms with Crippen LogP contribution < -0.4 is 21.3 Å². The van der Waals surface area contributed by atoms with Crippen LogP contribution in [-0.4, -0.2) is 120 Å². The number of fused-ring (bicyclic) bond motifs is 1. The zero-order valence-electron chi connectivity index (χ0n) is 35.9. The lowest BCUT2D eigenvalue weighted by Gasteiger charge is -2.41. The van der Waals surface area contributed by atoms with Gasteiger partial charge in [0.05, 0.1) is 28.6 Å². The molecule has 19 heteroatoms. The Labute approximate surface area is 356 Å². The molecule has 0 spiro atoms. The van der Waals surface area contributed by atoms with Crippen molar-refractivity contribution in [1.29, 1.82) is 0 Å². The van der Waals surface area contributed by atoms with Crippen molar-refractivity contribution in [2.75, 3.05) is 25.4 Å². The lowest BCUT2D eigenvalue weighted by Crippen LogP contribution is -2.63. The van der Waals surface area contributed by atoms with Gasteiger partial charge in [0.25, 0.3) is 5.91 Å². The summed E-state index contributed by atoms with van der Waals surface area (Å²) in [6.07, 6.45) is -4.65. The van der Waals surface area contributed by atoms with Crippen molar-refractivity contribution >= 4 is 45.5 Å². The quantitative estimate of drug-likeness (QED) is 0.154. The van der Waals surface area contributed by atoms with Crippen molar-refractivity contribution in [2.45, 2.75) is 147 Å². The van der Waals surface area contributed by atoms with Crippen LogP contribution in [0.4, 0.5) is 22.8 Å². The van der Waals surface area contributed by atoms with Gasteiger partial charge in [0.1, 0.15) is 18.2 Å². The van der Waals surface area contributed by atoms with Gasteiger partial charge in [0, 0.05) is 32.5 Å². The highest BCUT2D eigenvalue weighted by Crippen LogP contribution is 2.34. The Hall–Kier alpha value is -4.68. The summed E-state index contributed by atoms with van der Waals surface area (Å²) < 4.78 is 71.8. The van der Waals surface area contributed by atoms with Crippen molar-refractivity contribution in [3.63, 3.8) is 0 Å². The van der Waals surface area contributed by atoms with Crippen molar-refractivity contribution in [3.05, 3.63) is 48.0 Å². The largest absolute Gasteiger partial charge is 0.444 e. The normalized spacial score (nSPS) is 20.3. The minimum absolute atomic E-state index is 0.173. The van der Waals surface area contributed by atoms with E-state index in [1.807, 2.05) is 24.3 Å². The molecule has 1 aliphatic carbocycles. The second-order valence-corrected chi connectivity index (χ2v) is 21.1. The van der Waals surface area contributed by atoms with E-state index in [1.54, 1.807) is 41.5 Å². The molecule has 0 bridgehead atoms. The highest BCUT2D eigenvalue weighted by Gasteiger charge is 2.49. The second kappa shape index (κ2) is 19.6.